The lowest BCUT2D eigenvalue weighted by atomic mass is 9.71. The van der Waals surface area contributed by atoms with E-state index >= 15 is 0 Å². The van der Waals surface area contributed by atoms with E-state index in [1.54, 1.807) is 0 Å². The van der Waals surface area contributed by atoms with Gasteiger partial charge in [-0.15, -0.1) is 0 Å². The van der Waals surface area contributed by atoms with Crippen molar-refractivity contribution in [2.24, 2.45) is 11.3 Å². The van der Waals surface area contributed by atoms with Crippen LogP contribution in [0.3, 0.4) is 0 Å². The molecule has 0 N–H and O–H groups in total. The van der Waals surface area contributed by atoms with E-state index in [1.807, 2.05) is 0 Å². The first-order valence-electron chi connectivity index (χ1n) is 5.89. The van der Waals surface area contributed by atoms with Crippen molar-refractivity contribution in [3.63, 3.8) is 0 Å². The molecule has 1 saturated carbocycles. The fourth-order valence-electron chi connectivity index (χ4n) is 2.50. The Kier molecular flexibility index (Phi) is 2.46. The van der Waals surface area contributed by atoms with Gasteiger partial charge in [0.05, 0.1) is 12.2 Å². The molecule has 0 aromatic carbocycles. The van der Waals surface area contributed by atoms with Crippen molar-refractivity contribution < 1.29 is 4.74 Å². The lowest BCUT2D eigenvalue weighted by Crippen LogP contribution is -2.24. The van der Waals surface area contributed by atoms with Crippen LogP contribution in [0.2, 0.25) is 0 Å². The van der Waals surface area contributed by atoms with Crippen LogP contribution >= 0.6 is 0 Å². The van der Waals surface area contributed by atoms with Crippen molar-refractivity contribution >= 4 is 0 Å². The fraction of sp³-hybridized carbons (Fsp3) is 0.846. The number of fused-ring (bicyclic) bond motifs is 1. The molecule has 1 aliphatic heterocycles. The number of allylic oxidation sites excluding steroid dienone is 1. The predicted molar refractivity (Wildman–Crippen MR) is 59.2 cm³/mol. The molecule has 1 heterocycles. The molecule has 3 atom stereocenters. The van der Waals surface area contributed by atoms with Gasteiger partial charge in [0.25, 0.3) is 0 Å². The van der Waals surface area contributed by atoms with Crippen LogP contribution in [0.1, 0.15) is 46.5 Å². The molecular formula is C13H22O. The normalized spacial score (nSPS) is 36.4. The van der Waals surface area contributed by atoms with Crippen LogP contribution in [0.5, 0.6) is 0 Å². The molecule has 1 saturated heterocycles. The first kappa shape index (κ1) is 10.2. The largest absolute Gasteiger partial charge is 0.370 e. The van der Waals surface area contributed by atoms with Gasteiger partial charge in [0.2, 0.25) is 0 Å². The van der Waals surface area contributed by atoms with Crippen LogP contribution in [0.15, 0.2) is 12.2 Å². The summed E-state index contributed by atoms with van der Waals surface area (Å²) >= 11 is 0. The summed E-state index contributed by atoms with van der Waals surface area (Å²) in [4.78, 5) is 0. The minimum absolute atomic E-state index is 0.312. The van der Waals surface area contributed by atoms with Gasteiger partial charge in [-0.2, -0.15) is 0 Å². The van der Waals surface area contributed by atoms with Crippen LogP contribution in [-0.2, 0) is 4.74 Å². The summed E-state index contributed by atoms with van der Waals surface area (Å²) in [6, 6.07) is 0. The van der Waals surface area contributed by atoms with E-state index in [4.69, 9.17) is 4.74 Å². The standard InChI is InChI=1S/C13H22O/c1-5-13(3,4)9(2)10-6-7-11-12(8-10)14-11/h10-12H,2,5-8H2,1,3-4H3. The predicted octanol–water partition coefficient (Wildman–Crippen LogP) is 3.55. The molecule has 0 amide bonds. The molecule has 0 aromatic rings. The van der Waals surface area contributed by atoms with Gasteiger partial charge >= 0.3 is 0 Å². The molecule has 14 heavy (non-hydrogen) atoms. The molecule has 2 rings (SSSR count). The molecule has 1 aliphatic carbocycles. The van der Waals surface area contributed by atoms with Gasteiger partial charge in [-0.25, -0.2) is 0 Å². The summed E-state index contributed by atoms with van der Waals surface area (Å²) in [5, 5.41) is 0. The molecule has 0 radical (unpaired) electrons. The molecule has 3 unspecified atom stereocenters. The highest BCUT2D eigenvalue weighted by atomic mass is 16.6. The number of epoxide rings is 1. The van der Waals surface area contributed by atoms with Crippen molar-refractivity contribution in [2.45, 2.75) is 58.7 Å². The fourth-order valence-corrected chi connectivity index (χ4v) is 2.50. The average molecular weight is 194 g/mol. The summed E-state index contributed by atoms with van der Waals surface area (Å²) in [6.45, 7) is 11.2. The van der Waals surface area contributed by atoms with Gasteiger partial charge in [-0.3, -0.25) is 0 Å². The molecule has 2 aliphatic rings. The number of hydrogen-bond donors (Lipinski definition) is 0. The Balaban J connectivity index is 1.97. The third-order valence-corrected chi connectivity index (χ3v) is 4.25. The highest BCUT2D eigenvalue weighted by Gasteiger charge is 2.45. The Morgan fingerprint density at radius 2 is 2.07 bits per heavy atom. The van der Waals surface area contributed by atoms with E-state index in [9.17, 15) is 0 Å². The van der Waals surface area contributed by atoms with Gasteiger partial charge in [-0.1, -0.05) is 32.9 Å². The second-order valence-electron chi connectivity index (χ2n) is 5.49. The lowest BCUT2D eigenvalue weighted by Gasteiger charge is -2.33. The first-order chi connectivity index (χ1) is 6.54. The molecule has 0 spiro atoms. The summed E-state index contributed by atoms with van der Waals surface area (Å²) in [5.41, 5.74) is 1.76. The number of ether oxygens (including phenoxy) is 1. The third-order valence-electron chi connectivity index (χ3n) is 4.25. The average Bonchev–Trinajstić information content (AvgIpc) is 2.94. The second-order valence-corrected chi connectivity index (χ2v) is 5.49. The molecule has 0 aromatic heterocycles. The zero-order valence-electron chi connectivity index (χ0n) is 9.68. The lowest BCUT2D eigenvalue weighted by molar-refractivity contribution is 0.328. The summed E-state index contributed by atoms with van der Waals surface area (Å²) in [6.07, 6.45) is 6.17. The summed E-state index contributed by atoms with van der Waals surface area (Å²) < 4.78 is 5.56. The van der Waals surface area contributed by atoms with E-state index in [0.717, 1.165) is 0 Å². The van der Waals surface area contributed by atoms with Crippen LogP contribution in [0.25, 0.3) is 0 Å². The molecule has 80 valence electrons. The summed E-state index contributed by atoms with van der Waals surface area (Å²) in [7, 11) is 0. The van der Waals surface area contributed by atoms with Crippen molar-refractivity contribution in [1.29, 1.82) is 0 Å². The highest BCUT2D eigenvalue weighted by Crippen LogP contribution is 2.46. The molecular weight excluding hydrogens is 172 g/mol. The number of rotatable bonds is 3. The number of hydrogen-bond acceptors (Lipinski definition) is 1. The van der Waals surface area contributed by atoms with Crippen molar-refractivity contribution in [3.8, 4) is 0 Å². The monoisotopic (exact) mass is 194 g/mol. The van der Waals surface area contributed by atoms with Gasteiger partial charge in [0, 0.05) is 0 Å². The topological polar surface area (TPSA) is 12.5 Å². The van der Waals surface area contributed by atoms with E-state index in [0.29, 0.717) is 23.5 Å². The third kappa shape index (κ3) is 1.75. The van der Waals surface area contributed by atoms with Gasteiger partial charge in [0.1, 0.15) is 0 Å². The molecule has 1 nitrogen and oxygen atoms in total. The second kappa shape index (κ2) is 3.37. The molecule has 2 fully saturated rings. The Labute approximate surface area is 87.5 Å². The SMILES string of the molecule is C=C(C1CCC2OC2C1)C(C)(C)CC. The smallest absolute Gasteiger partial charge is 0.0847 e. The maximum absolute atomic E-state index is 5.56. The van der Waals surface area contributed by atoms with Gasteiger partial charge < -0.3 is 4.74 Å². The molecule has 1 heteroatoms. The molecule has 0 bridgehead atoms. The van der Waals surface area contributed by atoms with Gasteiger partial charge in [0.15, 0.2) is 0 Å². The Morgan fingerprint density at radius 1 is 1.36 bits per heavy atom. The Hall–Kier alpha value is -0.300. The van der Waals surface area contributed by atoms with E-state index < -0.39 is 0 Å². The van der Waals surface area contributed by atoms with E-state index in [-0.39, 0.29) is 0 Å². The van der Waals surface area contributed by atoms with Crippen molar-refractivity contribution in [2.75, 3.05) is 0 Å². The zero-order valence-corrected chi connectivity index (χ0v) is 9.68. The first-order valence-corrected chi connectivity index (χ1v) is 5.89. The minimum Gasteiger partial charge on any atom is -0.370 e. The van der Waals surface area contributed by atoms with Crippen molar-refractivity contribution in [3.05, 3.63) is 12.2 Å². The van der Waals surface area contributed by atoms with Crippen molar-refractivity contribution in [1.82, 2.24) is 0 Å². The maximum atomic E-state index is 5.56. The van der Waals surface area contributed by atoms with Crippen LogP contribution in [0.4, 0.5) is 0 Å². The summed E-state index contributed by atoms with van der Waals surface area (Å²) in [5.74, 6) is 0.716. The Morgan fingerprint density at radius 3 is 2.64 bits per heavy atom. The van der Waals surface area contributed by atoms with E-state index in [2.05, 4.69) is 27.4 Å². The zero-order chi connectivity index (χ0) is 10.3. The van der Waals surface area contributed by atoms with Crippen LogP contribution in [-0.4, -0.2) is 12.2 Å². The Bertz CT molecular complexity index is 242. The highest BCUT2D eigenvalue weighted by molar-refractivity contribution is 5.14. The van der Waals surface area contributed by atoms with Crippen LogP contribution in [0, 0.1) is 11.3 Å². The van der Waals surface area contributed by atoms with E-state index in [1.165, 1.54) is 31.3 Å². The maximum Gasteiger partial charge on any atom is 0.0847 e. The quantitative estimate of drug-likeness (QED) is 0.494. The van der Waals surface area contributed by atoms with Gasteiger partial charge in [-0.05, 0) is 37.0 Å². The van der Waals surface area contributed by atoms with Crippen LogP contribution < -0.4 is 0 Å². The minimum atomic E-state index is 0.312.